The van der Waals surface area contributed by atoms with E-state index in [0.717, 1.165) is 4.90 Å². The molecule has 1 fully saturated rings. The van der Waals surface area contributed by atoms with E-state index in [-0.39, 0.29) is 17.2 Å². The first-order chi connectivity index (χ1) is 12.6. The molecule has 1 aromatic carbocycles. The Balaban J connectivity index is 2.27. The van der Waals surface area contributed by atoms with Gasteiger partial charge in [0.15, 0.2) is 0 Å². The number of likely N-dealkylation sites (N-methyl/N-ethyl adjacent to an activating group) is 1. The van der Waals surface area contributed by atoms with E-state index in [1.807, 2.05) is 0 Å². The predicted molar refractivity (Wildman–Crippen MR) is 96.8 cm³/mol. The van der Waals surface area contributed by atoms with Crippen LogP contribution in [0.5, 0.6) is 0 Å². The van der Waals surface area contributed by atoms with Gasteiger partial charge in [0, 0.05) is 51.8 Å². The molecule has 0 bridgehead atoms. The lowest BCUT2D eigenvalue weighted by Gasteiger charge is -2.35. The molecular formula is C17H22N4O6. The van der Waals surface area contributed by atoms with Crippen LogP contribution in [0.3, 0.4) is 0 Å². The number of nitro groups is 1. The summed E-state index contributed by atoms with van der Waals surface area (Å²) in [5, 5.41) is 20.5. The number of hydrogen-bond donors (Lipinski definition) is 1. The average Bonchev–Trinajstić information content (AvgIpc) is 2.65. The molecule has 1 aliphatic rings. The molecule has 0 saturated carbocycles. The van der Waals surface area contributed by atoms with Crippen molar-refractivity contribution in [1.29, 1.82) is 0 Å². The Kier molecular flexibility index (Phi) is 5.98. The number of aliphatic carboxylic acids is 1. The molecule has 10 heteroatoms. The van der Waals surface area contributed by atoms with Gasteiger partial charge >= 0.3 is 5.97 Å². The molecule has 1 aliphatic heterocycles. The van der Waals surface area contributed by atoms with Gasteiger partial charge in [0.1, 0.15) is 11.7 Å². The van der Waals surface area contributed by atoms with Crippen LogP contribution in [0, 0.1) is 10.1 Å². The molecule has 146 valence electrons. The number of benzene rings is 1. The van der Waals surface area contributed by atoms with E-state index in [9.17, 15) is 24.5 Å². The quantitative estimate of drug-likeness (QED) is 0.594. The fourth-order valence-electron chi connectivity index (χ4n) is 2.88. The molecule has 1 aromatic rings. The molecule has 0 spiro atoms. The Morgan fingerprint density at radius 3 is 2.30 bits per heavy atom. The molecule has 1 saturated heterocycles. The summed E-state index contributed by atoms with van der Waals surface area (Å²) < 4.78 is 0. The van der Waals surface area contributed by atoms with E-state index >= 15 is 0 Å². The minimum absolute atomic E-state index is 0.0410. The SMILES string of the molecule is CC(=O)N1CCN(c2ccc(C(=O)N(C)C(C)C(=O)O)cc2[N+](=O)[O-])CC1. The zero-order valence-corrected chi connectivity index (χ0v) is 15.4. The Bertz CT molecular complexity index is 773. The van der Waals surface area contributed by atoms with Crippen molar-refractivity contribution in [3.8, 4) is 0 Å². The highest BCUT2D eigenvalue weighted by Crippen LogP contribution is 2.30. The van der Waals surface area contributed by atoms with E-state index in [1.165, 1.54) is 39.1 Å². The molecule has 2 amide bonds. The van der Waals surface area contributed by atoms with E-state index in [1.54, 1.807) is 9.80 Å². The molecule has 0 aromatic heterocycles. The third-order valence-corrected chi connectivity index (χ3v) is 4.74. The second-order valence-electron chi connectivity index (χ2n) is 6.38. The minimum Gasteiger partial charge on any atom is -0.480 e. The second kappa shape index (κ2) is 8.02. The van der Waals surface area contributed by atoms with Crippen molar-refractivity contribution in [2.24, 2.45) is 0 Å². The van der Waals surface area contributed by atoms with Gasteiger partial charge in [-0.1, -0.05) is 0 Å². The van der Waals surface area contributed by atoms with Gasteiger partial charge in [-0.3, -0.25) is 19.7 Å². The normalized spacial score (nSPS) is 15.2. The molecule has 0 aliphatic carbocycles. The zero-order valence-electron chi connectivity index (χ0n) is 15.4. The standard InChI is InChI=1S/C17H22N4O6/c1-11(17(24)25)18(3)16(23)13-4-5-14(15(10-13)21(26)27)20-8-6-19(7-9-20)12(2)22/h4-5,10-11H,6-9H2,1-3H3,(H,24,25). The Labute approximate surface area is 156 Å². The largest absolute Gasteiger partial charge is 0.480 e. The molecular weight excluding hydrogens is 356 g/mol. The van der Waals surface area contributed by atoms with Gasteiger partial charge in [-0.25, -0.2) is 4.79 Å². The van der Waals surface area contributed by atoms with Gasteiger partial charge in [0.25, 0.3) is 11.6 Å². The van der Waals surface area contributed by atoms with Crippen LogP contribution in [0.25, 0.3) is 0 Å². The lowest BCUT2D eigenvalue weighted by atomic mass is 10.1. The topological polar surface area (TPSA) is 124 Å². The van der Waals surface area contributed by atoms with E-state index in [4.69, 9.17) is 5.11 Å². The highest BCUT2D eigenvalue weighted by molar-refractivity contribution is 5.97. The molecule has 1 N–H and O–H groups in total. The summed E-state index contributed by atoms with van der Waals surface area (Å²) in [5.74, 6) is -1.82. The number of piperazine rings is 1. The fraction of sp³-hybridized carbons (Fsp3) is 0.471. The summed E-state index contributed by atoms with van der Waals surface area (Å²) in [6.45, 7) is 4.66. The van der Waals surface area contributed by atoms with Gasteiger partial charge in [0.2, 0.25) is 5.91 Å². The number of carboxylic acids is 1. The summed E-state index contributed by atoms with van der Waals surface area (Å²) in [6, 6.07) is 3.05. The van der Waals surface area contributed by atoms with Crippen LogP contribution >= 0.6 is 0 Å². The maximum absolute atomic E-state index is 12.5. The summed E-state index contributed by atoms with van der Waals surface area (Å²) >= 11 is 0. The predicted octanol–water partition coefficient (Wildman–Crippen LogP) is 0.808. The fourth-order valence-corrected chi connectivity index (χ4v) is 2.88. The van der Waals surface area contributed by atoms with Crippen LogP contribution in [-0.4, -0.2) is 76.9 Å². The van der Waals surface area contributed by atoms with Crippen molar-refractivity contribution in [3.05, 3.63) is 33.9 Å². The molecule has 27 heavy (non-hydrogen) atoms. The number of anilines is 1. The first-order valence-electron chi connectivity index (χ1n) is 8.42. The third-order valence-electron chi connectivity index (χ3n) is 4.74. The number of rotatable bonds is 5. The number of nitrogens with zero attached hydrogens (tertiary/aromatic N) is 4. The Hall–Kier alpha value is -3.17. The van der Waals surface area contributed by atoms with Gasteiger partial charge < -0.3 is 19.8 Å². The van der Waals surface area contributed by atoms with Crippen LogP contribution in [-0.2, 0) is 9.59 Å². The van der Waals surface area contributed by atoms with Crippen LogP contribution in [0.1, 0.15) is 24.2 Å². The monoisotopic (exact) mass is 378 g/mol. The van der Waals surface area contributed by atoms with Crippen LogP contribution in [0.2, 0.25) is 0 Å². The highest BCUT2D eigenvalue weighted by atomic mass is 16.6. The molecule has 1 heterocycles. The number of amides is 2. The summed E-state index contributed by atoms with van der Waals surface area (Å²) in [6.07, 6.45) is 0. The number of carboxylic acid groups (broad SMARTS) is 1. The van der Waals surface area contributed by atoms with E-state index in [2.05, 4.69) is 0 Å². The van der Waals surface area contributed by atoms with Gasteiger partial charge in [-0.05, 0) is 19.1 Å². The molecule has 2 rings (SSSR count). The first kappa shape index (κ1) is 20.1. The smallest absolute Gasteiger partial charge is 0.326 e. The van der Waals surface area contributed by atoms with Crippen LogP contribution in [0.4, 0.5) is 11.4 Å². The average molecular weight is 378 g/mol. The molecule has 10 nitrogen and oxygen atoms in total. The summed E-state index contributed by atoms with van der Waals surface area (Å²) in [5.41, 5.74) is 0.186. The number of carbonyl (C=O) groups is 3. The van der Waals surface area contributed by atoms with Crippen LogP contribution in [0.15, 0.2) is 18.2 Å². The van der Waals surface area contributed by atoms with E-state index in [0.29, 0.717) is 31.9 Å². The molecule has 1 atom stereocenters. The van der Waals surface area contributed by atoms with Gasteiger partial charge in [0.05, 0.1) is 4.92 Å². The van der Waals surface area contributed by atoms with Gasteiger partial charge in [-0.2, -0.15) is 0 Å². The Morgan fingerprint density at radius 2 is 1.81 bits per heavy atom. The minimum atomic E-state index is -1.17. The molecule has 0 radical (unpaired) electrons. The summed E-state index contributed by atoms with van der Waals surface area (Å²) in [7, 11) is 1.34. The van der Waals surface area contributed by atoms with Crippen molar-refractivity contribution < 1.29 is 24.4 Å². The van der Waals surface area contributed by atoms with Gasteiger partial charge in [-0.15, -0.1) is 0 Å². The number of nitro benzene ring substituents is 1. The maximum atomic E-state index is 12.5. The molecule has 1 unspecified atom stereocenters. The second-order valence-corrected chi connectivity index (χ2v) is 6.38. The van der Waals surface area contributed by atoms with Crippen molar-refractivity contribution in [3.63, 3.8) is 0 Å². The number of hydrogen-bond acceptors (Lipinski definition) is 6. The van der Waals surface area contributed by atoms with Crippen molar-refractivity contribution in [2.45, 2.75) is 19.9 Å². The van der Waals surface area contributed by atoms with Crippen LogP contribution < -0.4 is 4.90 Å². The third kappa shape index (κ3) is 4.33. The first-order valence-corrected chi connectivity index (χ1v) is 8.42. The lowest BCUT2D eigenvalue weighted by molar-refractivity contribution is -0.384. The highest BCUT2D eigenvalue weighted by Gasteiger charge is 2.28. The maximum Gasteiger partial charge on any atom is 0.326 e. The van der Waals surface area contributed by atoms with Crippen molar-refractivity contribution in [2.75, 3.05) is 38.1 Å². The number of carbonyl (C=O) groups excluding carboxylic acids is 2. The summed E-state index contributed by atoms with van der Waals surface area (Å²) in [4.78, 5) is 50.4. The zero-order chi connectivity index (χ0) is 20.3. The van der Waals surface area contributed by atoms with E-state index < -0.39 is 22.8 Å². The van der Waals surface area contributed by atoms with Crippen molar-refractivity contribution >= 4 is 29.2 Å². The van der Waals surface area contributed by atoms with Crippen molar-refractivity contribution in [1.82, 2.24) is 9.80 Å². The lowest BCUT2D eigenvalue weighted by Crippen LogP contribution is -2.48. The Morgan fingerprint density at radius 1 is 1.22 bits per heavy atom.